The molecule has 0 atom stereocenters. The first-order valence-corrected chi connectivity index (χ1v) is 5.82. The van der Waals surface area contributed by atoms with Crippen LogP contribution in [0.2, 0.25) is 0 Å². The van der Waals surface area contributed by atoms with Crippen molar-refractivity contribution in [3.63, 3.8) is 0 Å². The minimum absolute atomic E-state index is 0.254. The van der Waals surface area contributed by atoms with Gasteiger partial charge in [0.05, 0.1) is 6.61 Å². The van der Waals surface area contributed by atoms with E-state index in [4.69, 9.17) is 4.74 Å². The highest BCUT2D eigenvalue weighted by Crippen LogP contribution is 2.11. The van der Waals surface area contributed by atoms with Crippen LogP contribution in [0.3, 0.4) is 0 Å². The van der Waals surface area contributed by atoms with Gasteiger partial charge in [-0.05, 0) is 60.2 Å². The van der Waals surface area contributed by atoms with Crippen LogP contribution in [0.4, 0.5) is 0 Å². The van der Waals surface area contributed by atoms with Crippen LogP contribution in [-0.4, -0.2) is 12.6 Å². The van der Waals surface area contributed by atoms with Gasteiger partial charge in [-0.3, -0.25) is 0 Å². The maximum absolute atomic E-state index is 11.3. The zero-order valence-corrected chi connectivity index (χ0v) is 10.9. The van der Waals surface area contributed by atoms with Gasteiger partial charge in [0.2, 0.25) is 0 Å². The van der Waals surface area contributed by atoms with E-state index in [1.807, 2.05) is 30.3 Å². The Labute approximate surface area is 103 Å². The third kappa shape index (κ3) is 4.03. The Kier molecular flexibility index (Phi) is 4.81. The van der Waals surface area contributed by atoms with E-state index in [9.17, 15) is 4.79 Å². The summed E-state index contributed by atoms with van der Waals surface area (Å²) in [4.78, 5) is 11.3. The molecule has 0 heterocycles. The van der Waals surface area contributed by atoms with Gasteiger partial charge in [0.25, 0.3) is 0 Å². The van der Waals surface area contributed by atoms with Gasteiger partial charge in [0, 0.05) is 9.14 Å². The standard InChI is InChI=1S/C12H13IO2/c1-3-15-12(14)9(2)8-10-4-6-11(13)7-5-10/h4-8H,3H2,1-2H3/b9-8-. The monoisotopic (exact) mass is 316 g/mol. The number of hydrogen-bond donors (Lipinski definition) is 0. The largest absolute Gasteiger partial charge is 0.463 e. The fourth-order valence-electron chi connectivity index (χ4n) is 1.11. The molecule has 0 unspecified atom stereocenters. The summed E-state index contributed by atoms with van der Waals surface area (Å²) in [5.41, 5.74) is 1.64. The third-order valence-corrected chi connectivity index (χ3v) is 2.57. The van der Waals surface area contributed by atoms with Crippen LogP contribution in [0.15, 0.2) is 29.8 Å². The van der Waals surface area contributed by atoms with E-state index >= 15 is 0 Å². The topological polar surface area (TPSA) is 26.3 Å². The highest BCUT2D eigenvalue weighted by atomic mass is 127. The molecular weight excluding hydrogens is 303 g/mol. The first kappa shape index (κ1) is 12.2. The fraction of sp³-hybridized carbons (Fsp3) is 0.250. The minimum atomic E-state index is -0.254. The molecule has 1 rings (SSSR count). The van der Waals surface area contributed by atoms with E-state index in [-0.39, 0.29) is 5.97 Å². The van der Waals surface area contributed by atoms with E-state index < -0.39 is 0 Å². The predicted molar refractivity (Wildman–Crippen MR) is 69.4 cm³/mol. The van der Waals surface area contributed by atoms with Crippen molar-refractivity contribution < 1.29 is 9.53 Å². The molecule has 0 amide bonds. The van der Waals surface area contributed by atoms with Crippen LogP contribution in [0.1, 0.15) is 19.4 Å². The first-order chi connectivity index (χ1) is 7.13. The second-order valence-corrected chi connectivity index (χ2v) is 4.35. The lowest BCUT2D eigenvalue weighted by Crippen LogP contribution is -2.04. The van der Waals surface area contributed by atoms with E-state index in [1.165, 1.54) is 3.57 Å². The highest BCUT2D eigenvalue weighted by Gasteiger charge is 2.03. The minimum Gasteiger partial charge on any atom is -0.463 e. The third-order valence-electron chi connectivity index (χ3n) is 1.85. The van der Waals surface area contributed by atoms with Crippen LogP contribution in [0.25, 0.3) is 6.08 Å². The molecular formula is C12H13IO2. The summed E-state index contributed by atoms with van der Waals surface area (Å²) in [5, 5.41) is 0. The molecule has 3 heteroatoms. The molecule has 0 aliphatic carbocycles. The molecule has 0 N–H and O–H groups in total. The lowest BCUT2D eigenvalue weighted by molar-refractivity contribution is -0.138. The lowest BCUT2D eigenvalue weighted by atomic mass is 10.1. The average Bonchev–Trinajstić information content (AvgIpc) is 2.22. The van der Waals surface area contributed by atoms with Gasteiger partial charge in [-0.15, -0.1) is 0 Å². The van der Waals surface area contributed by atoms with Gasteiger partial charge in [-0.2, -0.15) is 0 Å². The summed E-state index contributed by atoms with van der Waals surface area (Å²) in [6, 6.07) is 7.96. The molecule has 15 heavy (non-hydrogen) atoms. The number of benzene rings is 1. The van der Waals surface area contributed by atoms with Crippen molar-refractivity contribution in [1.82, 2.24) is 0 Å². The average molecular weight is 316 g/mol. The number of ether oxygens (including phenoxy) is 1. The molecule has 0 bridgehead atoms. The molecule has 0 saturated carbocycles. The van der Waals surface area contributed by atoms with Gasteiger partial charge in [0.1, 0.15) is 0 Å². The van der Waals surface area contributed by atoms with Crippen molar-refractivity contribution >= 4 is 34.6 Å². The SMILES string of the molecule is CCOC(=O)/C(C)=C\c1ccc(I)cc1. The Morgan fingerprint density at radius 1 is 1.40 bits per heavy atom. The molecule has 0 aliphatic heterocycles. The molecule has 0 saturated heterocycles. The number of hydrogen-bond acceptors (Lipinski definition) is 2. The van der Waals surface area contributed by atoms with Crippen molar-refractivity contribution in [2.24, 2.45) is 0 Å². The molecule has 0 spiro atoms. The van der Waals surface area contributed by atoms with Gasteiger partial charge in [0.15, 0.2) is 0 Å². The van der Waals surface area contributed by atoms with Crippen LogP contribution in [0.5, 0.6) is 0 Å². The molecule has 2 nitrogen and oxygen atoms in total. The Bertz CT molecular complexity index is 366. The maximum atomic E-state index is 11.3. The van der Waals surface area contributed by atoms with Gasteiger partial charge < -0.3 is 4.74 Å². The number of carbonyl (C=O) groups is 1. The predicted octanol–water partition coefficient (Wildman–Crippen LogP) is 3.26. The Morgan fingerprint density at radius 2 is 2.00 bits per heavy atom. The molecule has 0 radical (unpaired) electrons. The summed E-state index contributed by atoms with van der Waals surface area (Å²) < 4.78 is 6.07. The fourth-order valence-corrected chi connectivity index (χ4v) is 1.47. The Balaban J connectivity index is 2.78. The molecule has 1 aromatic rings. The number of halogens is 1. The highest BCUT2D eigenvalue weighted by molar-refractivity contribution is 14.1. The zero-order chi connectivity index (χ0) is 11.3. The van der Waals surface area contributed by atoms with Crippen LogP contribution in [-0.2, 0) is 9.53 Å². The van der Waals surface area contributed by atoms with Crippen molar-refractivity contribution in [2.75, 3.05) is 6.61 Å². The number of carbonyl (C=O) groups excluding carboxylic acids is 1. The van der Waals surface area contributed by atoms with Crippen molar-refractivity contribution in [3.8, 4) is 0 Å². The summed E-state index contributed by atoms with van der Waals surface area (Å²) in [7, 11) is 0. The molecule has 0 aromatic heterocycles. The quantitative estimate of drug-likeness (QED) is 0.486. The Hall–Kier alpha value is -0.840. The van der Waals surface area contributed by atoms with E-state index in [2.05, 4.69) is 22.6 Å². The van der Waals surface area contributed by atoms with E-state index in [1.54, 1.807) is 13.8 Å². The number of esters is 1. The normalized spacial score (nSPS) is 11.3. The second-order valence-electron chi connectivity index (χ2n) is 3.10. The number of rotatable bonds is 3. The van der Waals surface area contributed by atoms with Crippen molar-refractivity contribution in [1.29, 1.82) is 0 Å². The molecule has 80 valence electrons. The van der Waals surface area contributed by atoms with E-state index in [0.717, 1.165) is 5.56 Å². The van der Waals surface area contributed by atoms with Crippen LogP contribution >= 0.6 is 22.6 Å². The first-order valence-electron chi connectivity index (χ1n) is 4.74. The van der Waals surface area contributed by atoms with Gasteiger partial charge in [-0.1, -0.05) is 12.1 Å². The Morgan fingerprint density at radius 3 is 2.53 bits per heavy atom. The molecule has 0 fully saturated rings. The lowest BCUT2D eigenvalue weighted by Gasteiger charge is -2.01. The summed E-state index contributed by atoms with van der Waals surface area (Å²) in [6.07, 6.45) is 1.83. The summed E-state index contributed by atoms with van der Waals surface area (Å²) in [5.74, 6) is -0.254. The molecule has 0 aliphatic rings. The van der Waals surface area contributed by atoms with E-state index in [0.29, 0.717) is 12.2 Å². The van der Waals surface area contributed by atoms with Crippen LogP contribution in [0, 0.1) is 3.57 Å². The zero-order valence-electron chi connectivity index (χ0n) is 8.79. The van der Waals surface area contributed by atoms with Crippen LogP contribution < -0.4 is 0 Å². The van der Waals surface area contributed by atoms with Gasteiger partial charge in [-0.25, -0.2) is 4.79 Å². The summed E-state index contributed by atoms with van der Waals surface area (Å²) in [6.45, 7) is 3.97. The second kappa shape index (κ2) is 5.90. The summed E-state index contributed by atoms with van der Waals surface area (Å²) >= 11 is 2.24. The van der Waals surface area contributed by atoms with Crippen molar-refractivity contribution in [3.05, 3.63) is 39.0 Å². The smallest absolute Gasteiger partial charge is 0.333 e. The van der Waals surface area contributed by atoms with Crippen molar-refractivity contribution in [2.45, 2.75) is 13.8 Å². The molecule has 1 aromatic carbocycles. The van der Waals surface area contributed by atoms with Gasteiger partial charge >= 0.3 is 5.97 Å². The maximum Gasteiger partial charge on any atom is 0.333 e.